The summed E-state index contributed by atoms with van der Waals surface area (Å²) in [5.74, 6) is 1.97. The van der Waals surface area contributed by atoms with Gasteiger partial charge < -0.3 is 9.15 Å². The Kier molecular flexibility index (Phi) is 8.08. The zero-order valence-corrected chi connectivity index (χ0v) is 20.1. The molecule has 10 heteroatoms. The molecule has 0 aliphatic rings. The topological polar surface area (TPSA) is 107 Å². The maximum atomic E-state index is 12.4. The molecule has 1 aromatic carbocycles. The van der Waals surface area contributed by atoms with Gasteiger partial charge in [-0.05, 0) is 74.0 Å². The van der Waals surface area contributed by atoms with Crippen molar-refractivity contribution in [3.05, 3.63) is 78.5 Å². The number of carbonyl (C=O) groups is 1. The maximum Gasteiger partial charge on any atom is 0.250 e. The van der Waals surface area contributed by atoms with Gasteiger partial charge in [0.05, 0.1) is 24.8 Å². The zero-order chi connectivity index (χ0) is 24.5. The summed E-state index contributed by atoms with van der Waals surface area (Å²) in [4.78, 5) is 16.6. The summed E-state index contributed by atoms with van der Waals surface area (Å²) >= 11 is 1.26. The Morgan fingerprint density at radius 1 is 1.20 bits per heavy atom. The molecule has 35 heavy (non-hydrogen) atoms. The van der Waals surface area contributed by atoms with Gasteiger partial charge in [0, 0.05) is 23.6 Å². The second kappa shape index (κ2) is 11.8. The molecule has 9 nitrogen and oxygen atoms in total. The third kappa shape index (κ3) is 6.45. The molecule has 0 aliphatic carbocycles. The van der Waals surface area contributed by atoms with Gasteiger partial charge in [0.2, 0.25) is 0 Å². The van der Waals surface area contributed by atoms with Gasteiger partial charge in [-0.15, -0.1) is 10.2 Å². The summed E-state index contributed by atoms with van der Waals surface area (Å²) in [6.07, 6.45) is 8.41. The van der Waals surface area contributed by atoms with Crippen molar-refractivity contribution in [2.24, 2.45) is 5.10 Å². The molecular weight excluding hydrogens is 464 g/mol. The average molecular weight is 489 g/mol. The van der Waals surface area contributed by atoms with Gasteiger partial charge in [0.1, 0.15) is 11.5 Å². The molecule has 0 fully saturated rings. The second-order valence-corrected chi connectivity index (χ2v) is 8.24. The predicted molar refractivity (Wildman–Crippen MR) is 135 cm³/mol. The number of hydrazone groups is 1. The molecule has 0 atom stereocenters. The fourth-order valence-electron chi connectivity index (χ4n) is 3.14. The largest absolute Gasteiger partial charge is 0.494 e. The SMILES string of the molecule is CCOc1ccc(-n2c(SCC(=O)N/N=C\C(C)=C/c3ccco3)nnc2-c2cccnc2)cc1. The molecule has 0 saturated heterocycles. The van der Waals surface area contributed by atoms with Gasteiger partial charge in [0.15, 0.2) is 11.0 Å². The number of hydrogen-bond donors (Lipinski definition) is 1. The van der Waals surface area contributed by atoms with Crippen molar-refractivity contribution >= 4 is 30.0 Å². The molecule has 0 spiro atoms. The highest BCUT2D eigenvalue weighted by Gasteiger charge is 2.17. The molecule has 0 bridgehead atoms. The van der Waals surface area contributed by atoms with Crippen LogP contribution < -0.4 is 10.2 Å². The minimum atomic E-state index is -0.263. The van der Waals surface area contributed by atoms with E-state index in [1.165, 1.54) is 11.8 Å². The van der Waals surface area contributed by atoms with E-state index >= 15 is 0 Å². The molecule has 0 aliphatic heterocycles. The molecule has 4 rings (SSSR count). The van der Waals surface area contributed by atoms with Crippen LogP contribution in [-0.2, 0) is 4.79 Å². The highest BCUT2D eigenvalue weighted by atomic mass is 32.2. The number of benzene rings is 1. The van der Waals surface area contributed by atoms with Crippen LogP contribution in [0.4, 0.5) is 0 Å². The van der Waals surface area contributed by atoms with Crippen LogP contribution >= 0.6 is 11.8 Å². The van der Waals surface area contributed by atoms with Gasteiger partial charge in [-0.3, -0.25) is 14.3 Å². The predicted octanol–water partition coefficient (Wildman–Crippen LogP) is 4.62. The molecule has 4 aromatic rings. The first-order chi connectivity index (χ1) is 17.1. The maximum absolute atomic E-state index is 12.4. The van der Waals surface area contributed by atoms with Crippen molar-refractivity contribution in [2.75, 3.05) is 12.4 Å². The average Bonchev–Trinajstić information content (AvgIpc) is 3.54. The van der Waals surface area contributed by atoms with Crippen LogP contribution in [0, 0.1) is 0 Å². The lowest BCUT2D eigenvalue weighted by atomic mass is 10.2. The van der Waals surface area contributed by atoms with E-state index in [1.807, 2.05) is 67.0 Å². The van der Waals surface area contributed by atoms with Crippen molar-refractivity contribution in [1.82, 2.24) is 25.2 Å². The Labute approximate surface area is 206 Å². The van der Waals surface area contributed by atoms with Gasteiger partial charge in [-0.2, -0.15) is 5.10 Å². The van der Waals surface area contributed by atoms with Crippen LogP contribution in [0.25, 0.3) is 23.2 Å². The zero-order valence-electron chi connectivity index (χ0n) is 19.3. The summed E-state index contributed by atoms with van der Waals surface area (Å²) in [5, 5.41) is 13.3. The molecule has 178 valence electrons. The van der Waals surface area contributed by atoms with Crippen LogP contribution in [0.5, 0.6) is 5.75 Å². The highest BCUT2D eigenvalue weighted by Crippen LogP contribution is 2.28. The molecule has 3 aromatic heterocycles. The monoisotopic (exact) mass is 488 g/mol. The number of thioether (sulfide) groups is 1. The Morgan fingerprint density at radius 3 is 2.77 bits per heavy atom. The Bertz CT molecular complexity index is 1300. The number of carbonyl (C=O) groups excluding carboxylic acids is 1. The van der Waals surface area contributed by atoms with Gasteiger partial charge in [-0.25, -0.2) is 5.43 Å². The number of pyridine rings is 1. The third-order valence-electron chi connectivity index (χ3n) is 4.66. The van der Waals surface area contributed by atoms with Crippen LogP contribution in [0.3, 0.4) is 0 Å². The molecule has 0 radical (unpaired) electrons. The van der Waals surface area contributed by atoms with E-state index in [0.717, 1.165) is 22.6 Å². The fourth-order valence-corrected chi connectivity index (χ4v) is 3.88. The van der Waals surface area contributed by atoms with Gasteiger partial charge in [-0.1, -0.05) is 11.8 Å². The van der Waals surface area contributed by atoms with Crippen LogP contribution in [0.1, 0.15) is 19.6 Å². The molecular formula is C25H24N6O3S. The quantitative estimate of drug-likeness (QED) is 0.197. The van der Waals surface area contributed by atoms with E-state index in [9.17, 15) is 4.79 Å². The standard InChI is InChI=1S/C25H24N6O3S/c1-3-33-21-10-8-20(9-11-21)31-24(19-6-4-12-26-16-19)29-30-25(31)35-17-23(32)28-27-15-18(2)14-22-7-5-13-34-22/h4-16H,3,17H2,1-2H3,(H,28,32)/b18-14-,27-15-. The number of aromatic nitrogens is 4. The minimum absolute atomic E-state index is 0.112. The van der Waals surface area contributed by atoms with Crippen molar-refractivity contribution < 1.29 is 13.9 Å². The Balaban J connectivity index is 1.47. The number of allylic oxidation sites excluding steroid dienone is 1. The Morgan fingerprint density at radius 2 is 2.06 bits per heavy atom. The normalized spacial score (nSPS) is 11.7. The smallest absolute Gasteiger partial charge is 0.250 e. The number of amides is 1. The van der Waals surface area contributed by atoms with E-state index in [1.54, 1.807) is 30.9 Å². The van der Waals surface area contributed by atoms with Gasteiger partial charge in [0.25, 0.3) is 5.91 Å². The van der Waals surface area contributed by atoms with E-state index in [0.29, 0.717) is 23.3 Å². The number of nitrogens with one attached hydrogen (secondary N) is 1. The van der Waals surface area contributed by atoms with E-state index in [2.05, 4.69) is 25.7 Å². The van der Waals surface area contributed by atoms with E-state index < -0.39 is 0 Å². The number of ether oxygens (including phenoxy) is 1. The van der Waals surface area contributed by atoms with Crippen LogP contribution in [0.2, 0.25) is 0 Å². The van der Waals surface area contributed by atoms with Crippen molar-refractivity contribution in [2.45, 2.75) is 19.0 Å². The van der Waals surface area contributed by atoms with Crippen molar-refractivity contribution in [1.29, 1.82) is 0 Å². The fraction of sp³-hybridized carbons (Fsp3) is 0.160. The summed E-state index contributed by atoms with van der Waals surface area (Å²) in [6.45, 7) is 4.39. The first-order valence-corrected chi connectivity index (χ1v) is 11.9. The molecule has 0 saturated carbocycles. The number of hydrogen-bond acceptors (Lipinski definition) is 8. The molecule has 3 heterocycles. The summed E-state index contributed by atoms with van der Waals surface area (Å²) in [6, 6.07) is 15.0. The lowest BCUT2D eigenvalue weighted by molar-refractivity contribution is -0.118. The summed E-state index contributed by atoms with van der Waals surface area (Å²) in [5.41, 5.74) is 5.03. The lowest BCUT2D eigenvalue weighted by Crippen LogP contribution is -2.20. The van der Waals surface area contributed by atoms with E-state index in [4.69, 9.17) is 9.15 Å². The highest BCUT2D eigenvalue weighted by molar-refractivity contribution is 7.99. The van der Waals surface area contributed by atoms with Crippen LogP contribution in [0.15, 0.2) is 87.4 Å². The van der Waals surface area contributed by atoms with E-state index in [-0.39, 0.29) is 11.7 Å². The molecule has 0 unspecified atom stereocenters. The number of furan rings is 1. The third-order valence-corrected chi connectivity index (χ3v) is 5.59. The van der Waals surface area contributed by atoms with Gasteiger partial charge >= 0.3 is 0 Å². The Hall–Kier alpha value is -4.18. The summed E-state index contributed by atoms with van der Waals surface area (Å²) < 4.78 is 12.7. The minimum Gasteiger partial charge on any atom is -0.494 e. The van der Waals surface area contributed by atoms with Crippen molar-refractivity contribution in [3.63, 3.8) is 0 Å². The number of nitrogens with zero attached hydrogens (tertiary/aromatic N) is 5. The second-order valence-electron chi connectivity index (χ2n) is 7.30. The lowest BCUT2D eigenvalue weighted by Gasteiger charge is -2.11. The number of rotatable bonds is 10. The molecule has 1 N–H and O–H groups in total. The molecule has 1 amide bonds. The van der Waals surface area contributed by atoms with Crippen LogP contribution in [-0.4, -0.2) is 44.2 Å². The van der Waals surface area contributed by atoms with Crippen molar-refractivity contribution in [3.8, 4) is 22.8 Å². The first-order valence-electron chi connectivity index (χ1n) is 10.9. The first kappa shape index (κ1) is 24.0. The summed E-state index contributed by atoms with van der Waals surface area (Å²) in [7, 11) is 0.